The van der Waals surface area contributed by atoms with E-state index >= 15 is 0 Å². The minimum atomic E-state index is 0.260. The van der Waals surface area contributed by atoms with Crippen molar-refractivity contribution in [3.05, 3.63) is 53.0 Å². The molecule has 1 aliphatic rings. The van der Waals surface area contributed by atoms with Crippen LogP contribution < -0.4 is 0 Å². The van der Waals surface area contributed by atoms with Crippen LogP contribution in [0.15, 0.2) is 47.4 Å². The Hall–Kier alpha value is -2.14. The molecule has 1 amide bonds. The van der Waals surface area contributed by atoms with Crippen molar-refractivity contribution in [3.63, 3.8) is 0 Å². The maximum Gasteiger partial charge on any atom is 0.224 e. The molecule has 1 fully saturated rings. The molecule has 0 unspecified atom stereocenters. The molecule has 0 saturated heterocycles. The van der Waals surface area contributed by atoms with E-state index in [1.54, 1.807) is 11.3 Å². The van der Waals surface area contributed by atoms with Gasteiger partial charge in [0.2, 0.25) is 5.91 Å². The highest BCUT2D eigenvalue weighted by molar-refractivity contribution is 7.07. The van der Waals surface area contributed by atoms with Gasteiger partial charge in [0.1, 0.15) is 0 Å². The lowest BCUT2D eigenvalue weighted by Crippen LogP contribution is -2.38. The fourth-order valence-electron chi connectivity index (χ4n) is 3.76. The molecule has 0 N–H and O–H groups in total. The van der Waals surface area contributed by atoms with E-state index in [1.807, 2.05) is 24.5 Å². The highest BCUT2D eigenvalue weighted by Crippen LogP contribution is 2.26. The third kappa shape index (κ3) is 3.61. The predicted octanol–water partition coefficient (Wildman–Crippen LogP) is 4.46. The lowest BCUT2D eigenvalue weighted by Gasteiger charge is -2.29. The zero-order valence-corrected chi connectivity index (χ0v) is 15.1. The average molecular weight is 353 g/mol. The highest BCUT2D eigenvalue weighted by atomic mass is 32.1. The van der Waals surface area contributed by atoms with Crippen molar-refractivity contribution < 1.29 is 4.79 Å². The third-order valence-electron chi connectivity index (χ3n) is 5.11. The molecule has 3 aromatic rings. The van der Waals surface area contributed by atoms with Crippen LogP contribution in [0.1, 0.15) is 37.7 Å². The second-order valence-corrected chi connectivity index (χ2v) is 7.55. The van der Waals surface area contributed by atoms with Crippen molar-refractivity contribution in [2.24, 2.45) is 0 Å². The molecule has 0 bridgehead atoms. The Morgan fingerprint density at radius 2 is 2.08 bits per heavy atom. The number of fused-ring (bicyclic) bond motifs is 1. The fourth-order valence-corrected chi connectivity index (χ4v) is 4.42. The van der Waals surface area contributed by atoms with E-state index in [-0.39, 0.29) is 5.91 Å². The van der Waals surface area contributed by atoms with Crippen molar-refractivity contribution in [1.82, 2.24) is 14.5 Å². The summed E-state index contributed by atoms with van der Waals surface area (Å²) in [5.41, 5.74) is 3.33. The van der Waals surface area contributed by atoms with Crippen LogP contribution >= 0.6 is 11.3 Å². The van der Waals surface area contributed by atoms with Crippen LogP contribution in [0.5, 0.6) is 0 Å². The first kappa shape index (κ1) is 16.3. The fraction of sp³-hybridized carbons (Fsp3) is 0.400. The molecule has 25 heavy (non-hydrogen) atoms. The molecule has 2 heterocycles. The first-order chi connectivity index (χ1) is 12.3. The highest BCUT2D eigenvalue weighted by Gasteiger charge is 2.26. The van der Waals surface area contributed by atoms with E-state index in [1.165, 1.54) is 18.4 Å². The number of hydrogen-bond donors (Lipinski definition) is 0. The molecule has 4 nitrogen and oxygen atoms in total. The van der Waals surface area contributed by atoms with E-state index < -0.39 is 0 Å². The van der Waals surface area contributed by atoms with Gasteiger partial charge in [0.25, 0.3) is 0 Å². The van der Waals surface area contributed by atoms with Gasteiger partial charge in [-0.05, 0) is 47.4 Å². The summed E-state index contributed by atoms with van der Waals surface area (Å²) in [6.45, 7) is 1.43. The Morgan fingerprint density at radius 3 is 2.88 bits per heavy atom. The van der Waals surface area contributed by atoms with Crippen molar-refractivity contribution in [1.29, 1.82) is 0 Å². The minimum Gasteiger partial charge on any atom is -0.335 e. The lowest BCUT2D eigenvalue weighted by molar-refractivity contribution is -0.134. The molecule has 1 saturated carbocycles. The quantitative estimate of drug-likeness (QED) is 0.656. The number of rotatable bonds is 6. The smallest absolute Gasteiger partial charge is 0.224 e. The number of hydrogen-bond acceptors (Lipinski definition) is 3. The molecule has 1 aliphatic carbocycles. The van der Waals surface area contributed by atoms with Gasteiger partial charge in [0, 0.05) is 25.6 Å². The van der Waals surface area contributed by atoms with Crippen molar-refractivity contribution >= 4 is 28.3 Å². The molecule has 4 rings (SSSR count). The summed E-state index contributed by atoms with van der Waals surface area (Å²) in [5.74, 6) is 0.260. The Balaban J connectivity index is 1.46. The number of nitrogens with zero attached hydrogens (tertiary/aromatic N) is 3. The number of aromatic nitrogens is 2. The predicted molar refractivity (Wildman–Crippen MR) is 101 cm³/mol. The van der Waals surface area contributed by atoms with Gasteiger partial charge in [-0.2, -0.15) is 11.3 Å². The first-order valence-corrected chi connectivity index (χ1v) is 9.96. The normalized spacial score (nSPS) is 15.0. The minimum absolute atomic E-state index is 0.260. The molecule has 5 heteroatoms. The number of para-hydroxylation sites is 2. The summed E-state index contributed by atoms with van der Waals surface area (Å²) >= 11 is 1.70. The Morgan fingerprint density at radius 1 is 1.24 bits per heavy atom. The largest absolute Gasteiger partial charge is 0.335 e. The molecule has 0 aliphatic heterocycles. The molecular formula is C20H23N3OS. The number of thiophene rings is 1. The van der Waals surface area contributed by atoms with Crippen molar-refractivity contribution in [3.8, 4) is 0 Å². The van der Waals surface area contributed by atoms with E-state index in [0.717, 1.165) is 30.4 Å². The van der Waals surface area contributed by atoms with Crippen molar-refractivity contribution in [2.45, 2.75) is 51.2 Å². The Bertz CT molecular complexity index is 834. The standard InChI is InChI=1S/C20H23N3OS/c24-20(9-11-22-15-21-18-7-3-4-8-19(18)22)23(17-5-1-2-6-17)13-16-10-12-25-14-16/h3-4,7-8,10,12,14-15,17H,1-2,5-6,9,11,13H2. The molecular weight excluding hydrogens is 330 g/mol. The molecule has 0 radical (unpaired) electrons. The Labute approximate surface area is 152 Å². The van der Waals surface area contributed by atoms with Gasteiger partial charge in [-0.25, -0.2) is 4.98 Å². The maximum absolute atomic E-state index is 13.0. The summed E-state index contributed by atoms with van der Waals surface area (Å²) in [5, 5.41) is 4.24. The molecule has 0 atom stereocenters. The SMILES string of the molecule is O=C(CCn1cnc2ccccc21)N(Cc1ccsc1)C1CCCC1. The Kier molecular flexibility index (Phi) is 4.83. The first-order valence-electron chi connectivity index (χ1n) is 9.02. The summed E-state index contributed by atoms with van der Waals surface area (Å²) in [7, 11) is 0. The van der Waals surface area contributed by atoms with E-state index in [9.17, 15) is 4.79 Å². The van der Waals surface area contributed by atoms with Crippen LogP contribution in [0.2, 0.25) is 0 Å². The number of carbonyl (C=O) groups excluding carboxylic acids is 1. The van der Waals surface area contributed by atoms with Gasteiger partial charge in [0.05, 0.1) is 17.4 Å². The summed E-state index contributed by atoms with van der Waals surface area (Å²) in [6, 6.07) is 10.6. The van der Waals surface area contributed by atoms with Crippen LogP contribution in [0.4, 0.5) is 0 Å². The van der Waals surface area contributed by atoms with Gasteiger partial charge in [0.15, 0.2) is 0 Å². The summed E-state index contributed by atoms with van der Waals surface area (Å²) in [4.78, 5) is 19.5. The van der Waals surface area contributed by atoms with Gasteiger partial charge >= 0.3 is 0 Å². The summed E-state index contributed by atoms with van der Waals surface area (Å²) in [6.07, 6.45) is 7.14. The van der Waals surface area contributed by atoms with E-state index in [0.29, 0.717) is 19.0 Å². The number of imidazole rings is 1. The second kappa shape index (κ2) is 7.40. The topological polar surface area (TPSA) is 38.1 Å². The zero-order valence-electron chi connectivity index (χ0n) is 14.3. The van der Waals surface area contributed by atoms with Crippen LogP contribution in [0.25, 0.3) is 11.0 Å². The monoisotopic (exact) mass is 353 g/mol. The second-order valence-electron chi connectivity index (χ2n) is 6.77. The summed E-state index contributed by atoms with van der Waals surface area (Å²) < 4.78 is 2.09. The van der Waals surface area contributed by atoms with Crippen LogP contribution in [0, 0.1) is 0 Å². The number of aryl methyl sites for hydroxylation is 1. The number of benzene rings is 1. The van der Waals surface area contributed by atoms with Gasteiger partial charge in [-0.15, -0.1) is 0 Å². The van der Waals surface area contributed by atoms with Gasteiger partial charge in [-0.1, -0.05) is 25.0 Å². The lowest BCUT2D eigenvalue weighted by atomic mass is 10.1. The maximum atomic E-state index is 13.0. The zero-order chi connectivity index (χ0) is 17.1. The number of amides is 1. The molecule has 0 spiro atoms. The molecule has 2 aromatic heterocycles. The molecule has 1 aromatic carbocycles. The van der Waals surface area contributed by atoms with Crippen molar-refractivity contribution in [2.75, 3.05) is 0 Å². The van der Waals surface area contributed by atoms with Gasteiger partial charge in [-0.3, -0.25) is 4.79 Å². The van der Waals surface area contributed by atoms with Crippen LogP contribution in [0.3, 0.4) is 0 Å². The number of carbonyl (C=O) groups is 1. The van der Waals surface area contributed by atoms with Crippen LogP contribution in [-0.4, -0.2) is 26.4 Å². The van der Waals surface area contributed by atoms with E-state index in [4.69, 9.17) is 0 Å². The molecule has 130 valence electrons. The van der Waals surface area contributed by atoms with E-state index in [2.05, 4.69) is 37.3 Å². The van der Waals surface area contributed by atoms with Crippen LogP contribution in [-0.2, 0) is 17.9 Å². The third-order valence-corrected chi connectivity index (χ3v) is 5.84. The van der Waals surface area contributed by atoms with Gasteiger partial charge < -0.3 is 9.47 Å². The average Bonchev–Trinajstić information content (AvgIpc) is 3.39.